The van der Waals surface area contributed by atoms with Gasteiger partial charge in [-0.05, 0) is 125 Å². The fourth-order valence-electron chi connectivity index (χ4n) is 12.5. The van der Waals surface area contributed by atoms with Gasteiger partial charge >= 0.3 is 0 Å². The summed E-state index contributed by atoms with van der Waals surface area (Å²) in [5.74, 6) is 0. The molecule has 0 radical (unpaired) electrons. The van der Waals surface area contributed by atoms with Crippen molar-refractivity contribution in [3.63, 3.8) is 0 Å². The van der Waals surface area contributed by atoms with E-state index in [0.717, 1.165) is 161 Å². The molecule has 0 fully saturated rings. The van der Waals surface area contributed by atoms with E-state index in [1.165, 1.54) is 73.4 Å². The Kier molecular flexibility index (Phi) is 22.9. The predicted octanol–water partition coefficient (Wildman–Crippen LogP) is 21.2. The Morgan fingerprint density at radius 3 is 1.18 bits per heavy atom. The number of nitriles is 2. The summed E-state index contributed by atoms with van der Waals surface area (Å²) in [5, 5.41) is 30.6. The zero-order chi connectivity index (χ0) is 58.4. The lowest BCUT2D eigenvalue weighted by Gasteiger charge is -2.31. The van der Waals surface area contributed by atoms with Gasteiger partial charge in [-0.2, -0.15) is 29.9 Å². The van der Waals surface area contributed by atoms with Gasteiger partial charge in [0.15, 0.2) is 0 Å². The molecule has 0 saturated heterocycles. The molecule has 0 aromatic heterocycles. The standard InChI is InChI=1S/C76H90N4O4/c1-5-9-13-23-53-81-79(63-34-19-17-20-35-63,82-54-24-14-10-6-2)65-49-43-59(44-50-65)31-27-38-67-68(72(58-78)76-70-41-29-33-61-47-48-62(57-77)74(73(61)70)71-42-30-40-69(67)75(71)76)39-28-32-60-45-51-66(52-46-60)80(64-36-21-18-22-37-64,83-55-25-15-11-7-3)84-56-26-16-12-8-4/h17-22,29-30,33-37,40-52H,5-16,23-28,31-32,38-39,53-56H2,1-4H3/q+2. The molecule has 0 bridgehead atoms. The quantitative estimate of drug-likeness (QED) is 0.0128. The van der Waals surface area contributed by atoms with E-state index in [4.69, 9.17) is 19.4 Å². The number of aryl methyl sites for hydroxylation is 3. The highest BCUT2D eigenvalue weighted by molar-refractivity contribution is 6.35. The molecule has 8 heteroatoms. The number of nitrogens with zero attached hydrogens (tertiary/aromatic N) is 4. The van der Waals surface area contributed by atoms with Crippen LogP contribution < -0.4 is 9.62 Å². The molecule has 9 aromatic rings. The Hall–Kier alpha value is -6.98. The van der Waals surface area contributed by atoms with Crippen LogP contribution in [0, 0.1) is 22.7 Å². The summed E-state index contributed by atoms with van der Waals surface area (Å²) in [4.78, 5) is 27.4. The predicted molar refractivity (Wildman–Crippen MR) is 350 cm³/mol. The SMILES string of the molecule is CCCCCCO[N+](OCCCCCC)(c1ccccc1)c1ccc(CCCc2c(CCCc3ccc([N+](OCCCCCC)(OCCCCCC)c4ccccc4)cc3)c3cccc4c5c(C#N)ccc6cccc(c(c2C#N)c34)c65)cc1. The van der Waals surface area contributed by atoms with E-state index in [2.05, 4.69) is 185 Å². The molecule has 0 aliphatic carbocycles. The molecule has 0 N–H and O–H groups in total. The van der Waals surface area contributed by atoms with E-state index >= 15 is 0 Å². The first-order valence-corrected chi connectivity index (χ1v) is 32.1. The molecular weight excluding hydrogens is 1030 g/mol. The van der Waals surface area contributed by atoms with E-state index in [1.807, 2.05) is 12.1 Å². The van der Waals surface area contributed by atoms with E-state index in [0.29, 0.717) is 32.0 Å². The third-order valence-electron chi connectivity index (χ3n) is 17.0. The van der Waals surface area contributed by atoms with Gasteiger partial charge in [0.2, 0.25) is 22.7 Å². The highest BCUT2D eigenvalue weighted by Crippen LogP contribution is 2.46. The molecule has 0 amide bonds. The highest BCUT2D eigenvalue weighted by Gasteiger charge is 2.41. The van der Waals surface area contributed by atoms with Crippen molar-refractivity contribution >= 4 is 65.8 Å². The van der Waals surface area contributed by atoms with E-state index in [9.17, 15) is 10.5 Å². The van der Waals surface area contributed by atoms with Crippen molar-refractivity contribution in [2.45, 2.75) is 169 Å². The average molecular weight is 1120 g/mol. The molecule has 84 heavy (non-hydrogen) atoms. The first kappa shape index (κ1) is 61.6. The van der Waals surface area contributed by atoms with Crippen LogP contribution in [0.25, 0.3) is 43.1 Å². The molecule has 8 nitrogen and oxygen atoms in total. The number of unbranched alkanes of at least 4 members (excludes halogenated alkanes) is 12. The van der Waals surface area contributed by atoms with Gasteiger partial charge in [-0.3, -0.25) is 0 Å². The second-order valence-electron chi connectivity index (χ2n) is 22.9. The lowest BCUT2D eigenvalue weighted by Crippen LogP contribution is -2.44. The van der Waals surface area contributed by atoms with Crippen LogP contribution in [-0.4, -0.2) is 26.4 Å². The number of hydrogen-bond donors (Lipinski definition) is 0. The van der Waals surface area contributed by atoms with Gasteiger partial charge in [0, 0.05) is 68.9 Å². The molecule has 0 saturated carbocycles. The first-order valence-electron chi connectivity index (χ1n) is 32.1. The molecule has 0 atom stereocenters. The fourth-order valence-corrected chi connectivity index (χ4v) is 12.5. The Bertz CT molecular complexity index is 3520. The molecular formula is C76H90N4O4+2. The topological polar surface area (TPSA) is 84.5 Å². The monoisotopic (exact) mass is 1120 g/mol. The van der Waals surface area contributed by atoms with Gasteiger partial charge in [-0.1, -0.05) is 208 Å². The van der Waals surface area contributed by atoms with Crippen LogP contribution in [0.5, 0.6) is 0 Å². The second kappa shape index (κ2) is 31.2. The van der Waals surface area contributed by atoms with E-state index in [-0.39, 0.29) is 9.62 Å². The van der Waals surface area contributed by atoms with Gasteiger partial charge < -0.3 is 0 Å². The minimum Gasteiger partial charge on any atom is -0.192 e. The minimum absolute atomic E-state index is 0.0935. The van der Waals surface area contributed by atoms with Crippen LogP contribution in [0.15, 0.2) is 158 Å². The normalized spacial score (nSPS) is 12.0. The smallest absolute Gasteiger partial charge is 0.192 e. The van der Waals surface area contributed by atoms with Crippen molar-refractivity contribution in [3.8, 4) is 12.1 Å². The van der Waals surface area contributed by atoms with Crippen LogP contribution in [-0.2, 0) is 45.0 Å². The van der Waals surface area contributed by atoms with Crippen molar-refractivity contribution in [2.24, 2.45) is 0 Å². The molecule has 0 heterocycles. The molecule has 0 spiro atoms. The number of para-hydroxylation sites is 2. The van der Waals surface area contributed by atoms with Gasteiger partial charge in [-0.15, -0.1) is 0 Å². The van der Waals surface area contributed by atoms with Crippen molar-refractivity contribution in [3.05, 3.63) is 191 Å². The van der Waals surface area contributed by atoms with Crippen LogP contribution in [0.4, 0.5) is 22.7 Å². The zero-order valence-electron chi connectivity index (χ0n) is 50.8. The number of quaternary nitrogens is 2. The third-order valence-corrected chi connectivity index (χ3v) is 17.0. The number of rotatable bonds is 36. The molecule has 9 aromatic carbocycles. The summed E-state index contributed by atoms with van der Waals surface area (Å²) in [7, 11) is 0. The van der Waals surface area contributed by atoms with Crippen LogP contribution in [0.3, 0.4) is 0 Å². The maximum Gasteiger partial charge on any atom is 0.206 e. The van der Waals surface area contributed by atoms with Crippen molar-refractivity contribution in [2.75, 3.05) is 26.4 Å². The van der Waals surface area contributed by atoms with Crippen molar-refractivity contribution in [1.29, 1.82) is 10.5 Å². The molecule has 9 rings (SSSR count). The lowest BCUT2D eigenvalue weighted by atomic mass is 9.80. The number of hydrogen-bond acceptors (Lipinski definition) is 6. The summed E-state index contributed by atoms with van der Waals surface area (Å²) in [6.07, 6.45) is 22.7. The molecule has 0 aliphatic heterocycles. The van der Waals surface area contributed by atoms with Gasteiger partial charge in [0.1, 0.15) is 32.5 Å². The lowest BCUT2D eigenvalue weighted by molar-refractivity contribution is -0.316. The summed E-state index contributed by atoms with van der Waals surface area (Å²) < 4.78 is 0. The Morgan fingerprint density at radius 2 is 0.738 bits per heavy atom. The van der Waals surface area contributed by atoms with Crippen molar-refractivity contribution < 1.29 is 19.4 Å². The second-order valence-corrected chi connectivity index (χ2v) is 22.9. The average Bonchev–Trinajstić information content (AvgIpc) is 0.998. The number of benzene rings is 9. The fraction of sp³-hybridized carbons (Fsp3) is 0.395. The summed E-state index contributed by atoms with van der Waals surface area (Å²) in [6, 6.07) is 60.9. The van der Waals surface area contributed by atoms with Crippen molar-refractivity contribution in [1.82, 2.24) is 9.62 Å². The first-order chi connectivity index (χ1) is 41.4. The molecule has 436 valence electrons. The Labute approximate surface area is 501 Å². The van der Waals surface area contributed by atoms with Crippen LogP contribution in [0.1, 0.15) is 177 Å². The maximum atomic E-state index is 11.6. The summed E-state index contributed by atoms with van der Waals surface area (Å²) in [6.45, 7) is 11.3. The largest absolute Gasteiger partial charge is 0.206 e. The number of fused-ring (bicyclic) bond motifs is 2. The third kappa shape index (κ3) is 14.2. The Morgan fingerprint density at radius 1 is 0.321 bits per heavy atom. The minimum atomic E-state index is -0.0963. The van der Waals surface area contributed by atoms with Gasteiger partial charge in [-0.25, -0.2) is 0 Å². The van der Waals surface area contributed by atoms with E-state index < -0.39 is 0 Å². The van der Waals surface area contributed by atoms with Crippen LogP contribution in [0.2, 0.25) is 0 Å². The van der Waals surface area contributed by atoms with Gasteiger partial charge in [0.25, 0.3) is 0 Å². The Balaban J connectivity index is 1.04. The van der Waals surface area contributed by atoms with Gasteiger partial charge in [0.05, 0.1) is 17.2 Å². The maximum absolute atomic E-state index is 11.6. The zero-order valence-corrected chi connectivity index (χ0v) is 50.8. The molecule has 0 aliphatic rings. The highest BCUT2D eigenvalue weighted by atomic mass is 17.0. The summed E-state index contributed by atoms with van der Waals surface area (Å²) in [5.41, 5.74) is 10.0. The van der Waals surface area contributed by atoms with Crippen LogP contribution >= 0.6 is 0 Å². The van der Waals surface area contributed by atoms with E-state index in [1.54, 1.807) is 0 Å². The summed E-state index contributed by atoms with van der Waals surface area (Å²) >= 11 is 0. The molecule has 0 unspecified atom stereocenters.